The molecule has 20 heavy (non-hydrogen) atoms. The third-order valence-corrected chi connectivity index (χ3v) is 8.56. The lowest BCUT2D eigenvalue weighted by Crippen LogP contribution is -2.43. The molecule has 2 nitrogen and oxygen atoms in total. The van der Waals surface area contributed by atoms with E-state index >= 15 is 0 Å². The Bertz CT molecular complexity index is 390. The fourth-order valence-electron chi connectivity index (χ4n) is 1.44. The Hall–Kier alpha value is -0.203. The number of halogens is 1. The van der Waals surface area contributed by atoms with Crippen LogP contribution in [0.1, 0.15) is 34.1 Å². The molecular formula is C16H27IO2Si. The second-order valence-electron chi connectivity index (χ2n) is 6.47. The van der Waals surface area contributed by atoms with Gasteiger partial charge in [-0.2, -0.15) is 0 Å². The van der Waals surface area contributed by atoms with Gasteiger partial charge in [0.15, 0.2) is 8.32 Å². The van der Waals surface area contributed by atoms with Crippen LogP contribution in [0, 0.1) is 0 Å². The zero-order valence-electron chi connectivity index (χ0n) is 13.4. The fraction of sp³-hybridized carbons (Fsp3) is 0.562. The highest BCUT2D eigenvalue weighted by Crippen LogP contribution is 2.38. The molecule has 0 saturated carbocycles. The van der Waals surface area contributed by atoms with Crippen molar-refractivity contribution in [2.75, 3.05) is 0 Å². The SMILES string of the molecule is C/C(=C\C=O)CC(/C=C/C=C/I)O[Si](C)(C)C(C)(C)C. The van der Waals surface area contributed by atoms with Gasteiger partial charge in [-0.25, -0.2) is 0 Å². The van der Waals surface area contributed by atoms with Crippen LogP contribution >= 0.6 is 22.6 Å². The fourth-order valence-corrected chi connectivity index (χ4v) is 2.95. The Kier molecular flexibility index (Phi) is 8.86. The van der Waals surface area contributed by atoms with Crippen LogP contribution in [0.5, 0.6) is 0 Å². The van der Waals surface area contributed by atoms with E-state index in [4.69, 9.17) is 4.43 Å². The van der Waals surface area contributed by atoms with E-state index in [0.29, 0.717) is 0 Å². The summed E-state index contributed by atoms with van der Waals surface area (Å²) in [5.41, 5.74) is 1.05. The lowest BCUT2D eigenvalue weighted by atomic mass is 10.1. The van der Waals surface area contributed by atoms with Crippen molar-refractivity contribution >= 4 is 37.2 Å². The van der Waals surface area contributed by atoms with Crippen LogP contribution < -0.4 is 0 Å². The molecule has 0 radical (unpaired) electrons. The molecule has 114 valence electrons. The number of aldehydes is 1. The summed E-state index contributed by atoms with van der Waals surface area (Å²) in [5.74, 6) is 0. The predicted octanol–water partition coefficient (Wildman–Crippen LogP) is 5.42. The van der Waals surface area contributed by atoms with Crippen molar-refractivity contribution in [3.8, 4) is 0 Å². The van der Waals surface area contributed by atoms with E-state index in [2.05, 4.69) is 62.5 Å². The van der Waals surface area contributed by atoms with Gasteiger partial charge in [-0.05, 0) is 41.6 Å². The minimum atomic E-state index is -1.81. The van der Waals surface area contributed by atoms with Gasteiger partial charge in [0.25, 0.3) is 0 Å². The van der Waals surface area contributed by atoms with Gasteiger partial charge in [-0.1, -0.05) is 67.2 Å². The van der Waals surface area contributed by atoms with Gasteiger partial charge < -0.3 is 4.43 Å². The number of carbonyl (C=O) groups is 1. The average molecular weight is 406 g/mol. The van der Waals surface area contributed by atoms with E-state index in [1.807, 2.05) is 23.2 Å². The van der Waals surface area contributed by atoms with Crippen LogP contribution in [-0.2, 0) is 9.22 Å². The van der Waals surface area contributed by atoms with Gasteiger partial charge in [0, 0.05) is 0 Å². The standard InChI is InChI=1S/C16H27IO2Si/c1-14(10-12-18)13-15(9-7-8-11-17)19-20(5,6)16(2,3)4/h7-12,15H,13H2,1-6H3/b9-7+,11-8+,14-10+. The van der Waals surface area contributed by atoms with Gasteiger partial charge in [-0.15, -0.1) is 0 Å². The first-order chi connectivity index (χ1) is 9.14. The molecule has 0 saturated heterocycles. The summed E-state index contributed by atoms with van der Waals surface area (Å²) in [6.45, 7) is 13.2. The van der Waals surface area contributed by atoms with Gasteiger partial charge in [0.05, 0.1) is 6.10 Å². The van der Waals surface area contributed by atoms with Crippen molar-refractivity contribution < 1.29 is 9.22 Å². The third-order valence-electron chi connectivity index (χ3n) is 3.64. The van der Waals surface area contributed by atoms with Crippen LogP contribution in [0.4, 0.5) is 0 Å². The third kappa shape index (κ3) is 7.55. The van der Waals surface area contributed by atoms with Crippen molar-refractivity contribution in [2.24, 2.45) is 0 Å². The molecule has 0 fully saturated rings. The molecule has 0 N–H and O–H groups in total. The van der Waals surface area contributed by atoms with Gasteiger partial charge in [0.1, 0.15) is 6.29 Å². The van der Waals surface area contributed by atoms with E-state index in [-0.39, 0.29) is 11.1 Å². The lowest BCUT2D eigenvalue weighted by Gasteiger charge is -2.38. The van der Waals surface area contributed by atoms with Crippen molar-refractivity contribution in [1.82, 2.24) is 0 Å². The molecule has 0 amide bonds. The minimum Gasteiger partial charge on any atom is -0.410 e. The van der Waals surface area contributed by atoms with Crippen molar-refractivity contribution in [2.45, 2.75) is 58.4 Å². The zero-order valence-corrected chi connectivity index (χ0v) is 16.6. The number of carbonyl (C=O) groups excluding carboxylic acids is 1. The largest absolute Gasteiger partial charge is 0.410 e. The van der Waals surface area contributed by atoms with E-state index in [1.165, 1.54) is 0 Å². The molecule has 4 heteroatoms. The number of hydrogen-bond acceptors (Lipinski definition) is 2. The van der Waals surface area contributed by atoms with Crippen LogP contribution in [-0.4, -0.2) is 20.7 Å². The second kappa shape index (κ2) is 8.95. The van der Waals surface area contributed by atoms with Gasteiger partial charge in [-0.3, -0.25) is 4.79 Å². The summed E-state index contributed by atoms with van der Waals surface area (Å²) >= 11 is 2.19. The highest BCUT2D eigenvalue weighted by Gasteiger charge is 2.38. The summed E-state index contributed by atoms with van der Waals surface area (Å²) in [5, 5.41) is 0.181. The first kappa shape index (κ1) is 19.8. The van der Waals surface area contributed by atoms with Crippen molar-refractivity contribution in [1.29, 1.82) is 0 Å². The molecule has 0 aliphatic carbocycles. The molecule has 0 bridgehead atoms. The first-order valence-corrected chi connectivity index (χ1v) is 11.0. The number of rotatable bonds is 7. The smallest absolute Gasteiger partial charge is 0.192 e. The number of allylic oxidation sites excluding steroid dienone is 3. The summed E-state index contributed by atoms with van der Waals surface area (Å²) in [6, 6.07) is 0. The lowest BCUT2D eigenvalue weighted by molar-refractivity contribution is -0.104. The van der Waals surface area contributed by atoms with Crippen molar-refractivity contribution in [3.05, 3.63) is 34.0 Å². The molecular weight excluding hydrogens is 379 g/mol. The van der Waals surface area contributed by atoms with Crippen LogP contribution in [0.2, 0.25) is 18.1 Å². The molecule has 0 aromatic carbocycles. The van der Waals surface area contributed by atoms with Gasteiger partial charge >= 0.3 is 0 Å². The molecule has 1 atom stereocenters. The topological polar surface area (TPSA) is 26.3 Å². The summed E-state index contributed by atoms with van der Waals surface area (Å²) < 4.78 is 8.39. The number of hydrogen-bond donors (Lipinski definition) is 0. The maximum atomic E-state index is 10.6. The Labute approximate surface area is 138 Å². The van der Waals surface area contributed by atoms with Crippen molar-refractivity contribution in [3.63, 3.8) is 0 Å². The average Bonchev–Trinajstić information content (AvgIpc) is 2.27. The molecule has 0 aromatic heterocycles. The van der Waals surface area contributed by atoms with Crippen LogP contribution in [0.15, 0.2) is 34.0 Å². The molecule has 0 heterocycles. The molecule has 1 unspecified atom stereocenters. The molecule has 0 rings (SSSR count). The van der Waals surface area contributed by atoms with E-state index in [1.54, 1.807) is 6.08 Å². The first-order valence-electron chi connectivity index (χ1n) is 6.86. The Balaban J connectivity index is 5.03. The Morgan fingerprint density at radius 3 is 2.35 bits per heavy atom. The minimum absolute atomic E-state index is 0.0275. The molecule has 0 aromatic rings. The van der Waals surface area contributed by atoms with E-state index in [9.17, 15) is 4.79 Å². The summed E-state index contributed by atoms with van der Waals surface area (Å²) in [6.07, 6.45) is 9.32. The van der Waals surface area contributed by atoms with E-state index in [0.717, 1.165) is 18.3 Å². The zero-order chi connectivity index (χ0) is 15.8. The summed E-state index contributed by atoms with van der Waals surface area (Å²) in [7, 11) is -1.81. The molecule has 0 aliphatic heterocycles. The van der Waals surface area contributed by atoms with Crippen LogP contribution in [0.3, 0.4) is 0 Å². The molecule has 0 spiro atoms. The quantitative estimate of drug-likeness (QED) is 0.186. The maximum absolute atomic E-state index is 10.6. The second-order valence-corrected chi connectivity index (χ2v) is 11.9. The summed E-state index contributed by atoms with van der Waals surface area (Å²) in [4.78, 5) is 10.6. The van der Waals surface area contributed by atoms with Gasteiger partial charge in [0.2, 0.25) is 0 Å². The monoisotopic (exact) mass is 406 g/mol. The van der Waals surface area contributed by atoms with E-state index < -0.39 is 8.32 Å². The van der Waals surface area contributed by atoms with Crippen LogP contribution in [0.25, 0.3) is 0 Å². The Morgan fingerprint density at radius 1 is 1.30 bits per heavy atom. The maximum Gasteiger partial charge on any atom is 0.192 e. The highest BCUT2D eigenvalue weighted by atomic mass is 127. The highest BCUT2D eigenvalue weighted by molar-refractivity contribution is 14.1. The Morgan fingerprint density at radius 2 is 1.90 bits per heavy atom. The normalized spacial score (nSPS) is 16.1. The molecule has 0 aliphatic rings. The predicted molar refractivity (Wildman–Crippen MR) is 98.8 cm³/mol.